The van der Waals surface area contributed by atoms with Crippen molar-refractivity contribution in [2.45, 2.75) is 59.0 Å². The fourth-order valence-corrected chi connectivity index (χ4v) is 4.79. The lowest BCUT2D eigenvalue weighted by Crippen LogP contribution is -2.49. The lowest BCUT2D eigenvalue weighted by atomic mass is 10.1. The van der Waals surface area contributed by atoms with Gasteiger partial charge in [-0.3, -0.25) is 4.90 Å². The molecule has 1 aliphatic rings. The van der Waals surface area contributed by atoms with Gasteiger partial charge in [0.2, 0.25) is 0 Å². The summed E-state index contributed by atoms with van der Waals surface area (Å²) >= 11 is 0. The summed E-state index contributed by atoms with van der Waals surface area (Å²) in [6.07, 6.45) is 7.63. The van der Waals surface area contributed by atoms with Crippen molar-refractivity contribution in [2.75, 3.05) is 38.3 Å². The first-order valence-corrected chi connectivity index (χ1v) is 13.5. The second kappa shape index (κ2) is 12.7. The van der Waals surface area contributed by atoms with Gasteiger partial charge in [0.25, 0.3) is 0 Å². The highest BCUT2D eigenvalue weighted by Gasteiger charge is 2.28. The first kappa shape index (κ1) is 27.3. The van der Waals surface area contributed by atoms with E-state index in [1.54, 1.807) is 32.1 Å². The van der Waals surface area contributed by atoms with Crippen molar-refractivity contribution in [3.63, 3.8) is 0 Å². The molecule has 0 aliphatic carbocycles. The van der Waals surface area contributed by atoms with E-state index >= 15 is 0 Å². The highest BCUT2D eigenvalue weighted by Crippen LogP contribution is 2.34. The molecule has 0 spiro atoms. The number of hydrogen-bond donors (Lipinski definition) is 0. The molecule has 2 amide bonds. The molecule has 1 atom stereocenters. The zero-order chi connectivity index (χ0) is 27.1. The Morgan fingerprint density at radius 1 is 1.11 bits per heavy atom. The second-order valence-corrected chi connectivity index (χ2v) is 9.46. The molecule has 1 saturated heterocycles. The van der Waals surface area contributed by atoms with Crippen LogP contribution in [0.15, 0.2) is 42.7 Å². The fraction of sp³-hybridized carbons (Fsp3) is 0.483. The summed E-state index contributed by atoms with van der Waals surface area (Å²) in [6, 6.07) is 9.00. The van der Waals surface area contributed by atoms with Crippen LogP contribution in [0, 0.1) is 0 Å². The highest BCUT2D eigenvalue weighted by atomic mass is 16.5. The number of aromatic nitrogens is 2. The van der Waals surface area contributed by atoms with E-state index in [4.69, 9.17) is 14.2 Å². The summed E-state index contributed by atoms with van der Waals surface area (Å²) in [6.45, 7) is 8.44. The summed E-state index contributed by atoms with van der Waals surface area (Å²) in [5, 5.41) is 0.917. The van der Waals surface area contributed by atoms with Gasteiger partial charge in [-0.2, -0.15) is 0 Å². The van der Waals surface area contributed by atoms with Gasteiger partial charge in [-0.1, -0.05) is 19.8 Å². The SMILES string of the molecule is CCCCCOc1cc(N2CCCN(Cc3ccnc4c3ccn4C(C)C(=O)OCC)C2=O)ccc1OC. The Hall–Kier alpha value is -3.75. The molecule has 9 nitrogen and oxygen atoms in total. The maximum Gasteiger partial charge on any atom is 0.328 e. The van der Waals surface area contributed by atoms with Gasteiger partial charge in [-0.15, -0.1) is 0 Å². The Labute approximate surface area is 224 Å². The van der Waals surface area contributed by atoms with Crippen LogP contribution in [-0.2, 0) is 16.1 Å². The molecule has 0 saturated carbocycles. The van der Waals surface area contributed by atoms with Gasteiger partial charge >= 0.3 is 12.0 Å². The topological polar surface area (TPSA) is 86.1 Å². The minimum absolute atomic E-state index is 0.0531. The zero-order valence-corrected chi connectivity index (χ0v) is 22.8. The number of rotatable bonds is 12. The molecule has 1 aliphatic heterocycles. The molecule has 38 heavy (non-hydrogen) atoms. The smallest absolute Gasteiger partial charge is 0.328 e. The predicted molar refractivity (Wildman–Crippen MR) is 147 cm³/mol. The molecule has 3 heterocycles. The number of esters is 1. The number of anilines is 1. The lowest BCUT2D eigenvalue weighted by Gasteiger charge is -2.36. The van der Waals surface area contributed by atoms with Gasteiger partial charge in [-0.25, -0.2) is 14.6 Å². The summed E-state index contributed by atoms with van der Waals surface area (Å²) in [4.78, 5) is 34.1. The number of hydrogen-bond acceptors (Lipinski definition) is 6. The van der Waals surface area contributed by atoms with Crippen LogP contribution in [0.1, 0.15) is 58.1 Å². The van der Waals surface area contributed by atoms with E-state index in [9.17, 15) is 9.59 Å². The third-order valence-electron chi connectivity index (χ3n) is 6.89. The number of ether oxygens (including phenoxy) is 3. The van der Waals surface area contributed by atoms with Crippen molar-refractivity contribution in [3.8, 4) is 11.5 Å². The van der Waals surface area contributed by atoms with Crippen LogP contribution in [0.3, 0.4) is 0 Å². The summed E-state index contributed by atoms with van der Waals surface area (Å²) in [7, 11) is 1.62. The number of carbonyl (C=O) groups is 2. The number of urea groups is 1. The molecule has 1 fully saturated rings. The monoisotopic (exact) mass is 522 g/mol. The average Bonchev–Trinajstić information content (AvgIpc) is 3.37. The van der Waals surface area contributed by atoms with Crippen molar-refractivity contribution < 1.29 is 23.8 Å². The van der Waals surface area contributed by atoms with E-state index < -0.39 is 6.04 Å². The maximum atomic E-state index is 13.6. The van der Waals surface area contributed by atoms with Gasteiger partial charge in [0.05, 0.1) is 20.3 Å². The van der Waals surface area contributed by atoms with Crippen LogP contribution < -0.4 is 14.4 Å². The number of unbranched alkanes of at least 4 members (excludes halogenated alkanes) is 2. The molecular weight excluding hydrogens is 484 g/mol. The number of benzene rings is 1. The summed E-state index contributed by atoms with van der Waals surface area (Å²) in [5.74, 6) is 1.01. The van der Waals surface area contributed by atoms with Crippen molar-refractivity contribution in [3.05, 3.63) is 48.3 Å². The van der Waals surface area contributed by atoms with E-state index in [0.29, 0.717) is 50.0 Å². The van der Waals surface area contributed by atoms with Gasteiger partial charge in [0.1, 0.15) is 11.7 Å². The molecule has 1 unspecified atom stereocenters. The van der Waals surface area contributed by atoms with Crippen LogP contribution in [0.4, 0.5) is 10.5 Å². The Morgan fingerprint density at radius 2 is 1.95 bits per heavy atom. The molecule has 0 bridgehead atoms. The molecule has 9 heteroatoms. The van der Waals surface area contributed by atoms with E-state index in [2.05, 4.69) is 11.9 Å². The van der Waals surface area contributed by atoms with Gasteiger partial charge in [0, 0.05) is 49.2 Å². The Morgan fingerprint density at radius 3 is 2.71 bits per heavy atom. The molecule has 3 aromatic rings. The first-order chi connectivity index (χ1) is 18.5. The molecule has 204 valence electrons. The third kappa shape index (κ3) is 5.87. The molecule has 0 radical (unpaired) electrons. The van der Waals surface area contributed by atoms with Crippen molar-refractivity contribution >= 4 is 28.7 Å². The standard InChI is InChI=1S/C29H38N4O5/c1-5-7-8-18-38-26-19-23(10-11-25(26)36-4)33-16-9-15-31(29(33)35)20-22-12-14-30-27-24(22)13-17-32(27)21(3)28(34)37-6-2/h10-14,17,19,21H,5-9,15-16,18,20H2,1-4H3. The summed E-state index contributed by atoms with van der Waals surface area (Å²) < 4.78 is 18.5. The van der Waals surface area contributed by atoms with E-state index in [1.165, 1.54) is 0 Å². The van der Waals surface area contributed by atoms with Crippen molar-refractivity contribution in [1.82, 2.24) is 14.5 Å². The number of carbonyl (C=O) groups excluding carboxylic acids is 2. The van der Waals surface area contributed by atoms with Crippen LogP contribution in [0.5, 0.6) is 11.5 Å². The Kier molecular flexibility index (Phi) is 9.10. The average molecular weight is 523 g/mol. The minimum atomic E-state index is -0.490. The van der Waals surface area contributed by atoms with Crippen LogP contribution in [-0.4, -0.2) is 59.9 Å². The molecule has 2 aromatic heterocycles. The summed E-state index contributed by atoms with van der Waals surface area (Å²) in [5.41, 5.74) is 2.47. The zero-order valence-electron chi connectivity index (χ0n) is 22.8. The normalized spacial score (nSPS) is 14.6. The van der Waals surface area contributed by atoms with Crippen LogP contribution in [0.25, 0.3) is 11.0 Å². The number of methoxy groups -OCH3 is 1. The quantitative estimate of drug-likeness (QED) is 0.228. The number of nitrogens with zero attached hydrogens (tertiary/aromatic N) is 4. The minimum Gasteiger partial charge on any atom is -0.493 e. The number of pyridine rings is 1. The van der Waals surface area contributed by atoms with Gasteiger partial charge in [-0.05, 0) is 56.5 Å². The molecular formula is C29H38N4O5. The highest BCUT2D eigenvalue weighted by molar-refractivity contribution is 5.93. The van der Waals surface area contributed by atoms with Gasteiger partial charge in [0.15, 0.2) is 11.5 Å². The van der Waals surface area contributed by atoms with E-state index in [1.807, 2.05) is 46.0 Å². The predicted octanol–water partition coefficient (Wildman–Crippen LogP) is 5.57. The molecule has 0 N–H and O–H groups in total. The van der Waals surface area contributed by atoms with Crippen LogP contribution in [0.2, 0.25) is 0 Å². The van der Waals surface area contributed by atoms with E-state index in [0.717, 1.165) is 42.3 Å². The number of fused-ring (bicyclic) bond motifs is 1. The Balaban J connectivity index is 1.52. The third-order valence-corrected chi connectivity index (χ3v) is 6.89. The maximum absolute atomic E-state index is 13.6. The van der Waals surface area contributed by atoms with E-state index in [-0.39, 0.29) is 12.0 Å². The van der Waals surface area contributed by atoms with Crippen molar-refractivity contribution in [1.29, 1.82) is 0 Å². The first-order valence-electron chi connectivity index (χ1n) is 13.5. The number of amides is 2. The largest absolute Gasteiger partial charge is 0.493 e. The Bertz CT molecular complexity index is 1260. The van der Waals surface area contributed by atoms with Crippen molar-refractivity contribution in [2.24, 2.45) is 0 Å². The molecule has 1 aromatic carbocycles. The lowest BCUT2D eigenvalue weighted by molar-refractivity contribution is -0.146. The second-order valence-electron chi connectivity index (χ2n) is 9.46. The van der Waals surface area contributed by atoms with Gasteiger partial charge < -0.3 is 23.7 Å². The molecule has 4 rings (SSSR count). The van der Waals surface area contributed by atoms with Crippen LogP contribution >= 0.6 is 0 Å². The fourth-order valence-electron chi connectivity index (χ4n) is 4.79.